The standard InChI is InChI=1S/C27H17ClFN3O/c28-21-9-5-4-8-20(21)24-25(26(33)17-6-2-1-3-7-17)32-22-12-11-19(29)14-18(22)10-13-23(32)27(24,15-30)16-31/h1-14,23-25H/t23-,24-,25+/m0/s1. The van der Waals surface area contributed by atoms with E-state index in [1.807, 2.05) is 6.07 Å². The molecule has 3 atom stereocenters. The molecular formula is C27H17ClFN3O. The van der Waals surface area contributed by atoms with Crippen LogP contribution in [0, 0.1) is 33.9 Å². The van der Waals surface area contributed by atoms with E-state index < -0.39 is 29.2 Å². The van der Waals surface area contributed by atoms with E-state index in [4.69, 9.17) is 11.6 Å². The highest BCUT2D eigenvalue weighted by Gasteiger charge is 2.63. The van der Waals surface area contributed by atoms with E-state index in [2.05, 4.69) is 12.1 Å². The van der Waals surface area contributed by atoms with Gasteiger partial charge in [-0.15, -0.1) is 0 Å². The van der Waals surface area contributed by atoms with Gasteiger partial charge in [-0.25, -0.2) is 4.39 Å². The average Bonchev–Trinajstić information content (AvgIpc) is 3.14. The van der Waals surface area contributed by atoms with E-state index in [1.165, 1.54) is 12.1 Å². The first-order valence-corrected chi connectivity index (χ1v) is 10.8. The molecular weight excluding hydrogens is 437 g/mol. The normalized spacial score (nSPS) is 22.1. The van der Waals surface area contributed by atoms with Gasteiger partial charge in [-0.2, -0.15) is 10.5 Å². The predicted molar refractivity (Wildman–Crippen MR) is 124 cm³/mol. The van der Waals surface area contributed by atoms with E-state index in [0.717, 1.165) is 0 Å². The first-order valence-electron chi connectivity index (χ1n) is 10.4. The molecule has 33 heavy (non-hydrogen) atoms. The van der Waals surface area contributed by atoms with Crippen molar-refractivity contribution in [2.75, 3.05) is 4.90 Å². The van der Waals surface area contributed by atoms with Crippen LogP contribution in [0.2, 0.25) is 5.02 Å². The number of Topliss-reactive ketones (excluding diaryl/α,β-unsaturated/α-hetero) is 1. The van der Waals surface area contributed by atoms with Crippen LogP contribution >= 0.6 is 11.6 Å². The minimum absolute atomic E-state index is 0.233. The van der Waals surface area contributed by atoms with Crippen molar-refractivity contribution in [3.8, 4) is 12.1 Å². The van der Waals surface area contributed by atoms with Gasteiger partial charge in [-0.3, -0.25) is 4.79 Å². The van der Waals surface area contributed by atoms with Gasteiger partial charge in [-0.05, 0) is 29.8 Å². The molecule has 160 valence electrons. The van der Waals surface area contributed by atoms with E-state index >= 15 is 0 Å². The van der Waals surface area contributed by atoms with Gasteiger partial charge in [0.1, 0.15) is 11.9 Å². The number of hydrogen-bond donors (Lipinski definition) is 0. The third kappa shape index (κ3) is 3.05. The molecule has 1 saturated heterocycles. The molecule has 2 aliphatic rings. The number of fused-ring (bicyclic) bond motifs is 3. The van der Waals surface area contributed by atoms with Crippen LogP contribution in [0.3, 0.4) is 0 Å². The molecule has 2 heterocycles. The first-order chi connectivity index (χ1) is 16.0. The van der Waals surface area contributed by atoms with Crippen LogP contribution in [-0.2, 0) is 0 Å². The van der Waals surface area contributed by atoms with Crippen LogP contribution in [0.25, 0.3) is 6.08 Å². The van der Waals surface area contributed by atoms with Crippen LogP contribution in [0.5, 0.6) is 0 Å². The molecule has 2 aliphatic heterocycles. The second-order valence-corrected chi connectivity index (χ2v) is 8.59. The second kappa shape index (κ2) is 7.89. The SMILES string of the molecule is N#CC1(C#N)[C@@H]2C=Cc3cc(F)ccc3N2[C@@H](C(=O)c2ccccc2)[C@@H]1c1ccccc1Cl. The van der Waals surface area contributed by atoms with Gasteiger partial charge in [-0.1, -0.05) is 72.3 Å². The van der Waals surface area contributed by atoms with Crippen LogP contribution in [0.15, 0.2) is 78.9 Å². The van der Waals surface area contributed by atoms with Crippen LogP contribution < -0.4 is 4.90 Å². The summed E-state index contributed by atoms with van der Waals surface area (Å²) in [6, 6.07) is 22.9. The number of anilines is 1. The third-order valence-corrected chi connectivity index (χ3v) is 6.88. The van der Waals surface area contributed by atoms with Gasteiger partial charge in [0.15, 0.2) is 11.2 Å². The molecule has 3 aromatic rings. The number of carbonyl (C=O) groups is 1. The lowest BCUT2D eigenvalue weighted by Gasteiger charge is -2.35. The maximum absolute atomic E-state index is 14.0. The quantitative estimate of drug-likeness (QED) is 0.472. The van der Waals surface area contributed by atoms with E-state index in [1.54, 1.807) is 71.6 Å². The lowest BCUT2D eigenvalue weighted by molar-refractivity contribution is 0.0951. The minimum Gasteiger partial charge on any atom is -0.351 e. The molecule has 0 saturated carbocycles. The molecule has 4 nitrogen and oxygen atoms in total. The minimum atomic E-state index is -1.59. The van der Waals surface area contributed by atoms with E-state index in [0.29, 0.717) is 27.4 Å². The van der Waals surface area contributed by atoms with E-state index in [-0.39, 0.29) is 5.78 Å². The smallest absolute Gasteiger partial charge is 0.185 e. The lowest BCUT2D eigenvalue weighted by atomic mass is 9.69. The number of halogens is 2. The van der Waals surface area contributed by atoms with Crippen molar-refractivity contribution in [3.05, 3.63) is 106 Å². The molecule has 0 aromatic heterocycles. The molecule has 0 bridgehead atoms. The first kappa shape index (κ1) is 20.9. The molecule has 0 amide bonds. The van der Waals surface area contributed by atoms with Gasteiger partial charge in [0.2, 0.25) is 0 Å². The Bertz CT molecular complexity index is 1360. The van der Waals surface area contributed by atoms with Crippen LogP contribution in [0.4, 0.5) is 10.1 Å². The summed E-state index contributed by atoms with van der Waals surface area (Å²) < 4.78 is 14.0. The van der Waals surface area contributed by atoms with Gasteiger partial charge in [0.25, 0.3) is 0 Å². The second-order valence-electron chi connectivity index (χ2n) is 8.18. The molecule has 6 heteroatoms. The Morgan fingerprint density at radius 3 is 2.39 bits per heavy atom. The summed E-state index contributed by atoms with van der Waals surface area (Å²) >= 11 is 6.56. The molecule has 5 rings (SSSR count). The Kier molecular flexibility index (Phi) is 5.01. The number of benzene rings is 3. The zero-order chi connectivity index (χ0) is 23.2. The monoisotopic (exact) mass is 453 g/mol. The van der Waals surface area contributed by atoms with Crippen molar-refractivity contribution >= 4 is 29.1 Å². The number of rotatable bonds is 3. The maximum atomic E-state index is 14.0. The fourth-order valence-electron chi connectivity index (χ4n) is 5.11. The molecule has 3 aromatic carbocycles. The average molecular weight is 454 g/mol. The van der Waals surface area contributed by atoms with Gasteiger partial charge >= 0.3 is 0 Å². The molecule has 0 radical (unpaired) electrons. The summed E-state index contributed by atoms with van der Waals surface area (Å²) in [6.45, 7) is 0. The highest BCUT2D eigenvalue weighted by molar-refractivity contribution is 6.31. The molecule has 0 unspecified atom stereocenters. The number of nitrogens with zero attached hydrogens (tertiary/aromatic N) is 3. The molecule has 0 aliphatic carbocycles. The summed E-state index contributed by atoms with van der Waals surface area (Å²) in [6.07, 6.45) is 3.43. The number of ketones is 1. The lowest BCUT2D eigenvalue weighted by Crippen LogP contribution is -2.44. The Hall–Kier alpha value is -3.93. The van der Waals surface area contributed by atoms with Crippen LogP contribution in [-0.4, -0.2) is 17.9 Å². The Labute approximate surface area is 195 Å². The third-order valence-electron chi connectivity index (χ3n) is 6.54. The van der Waals surface area contributed by atoms with Gasteiger partial charge < -0.3 is 4.90 Å². The molecule has 0 N–H and O–H groups in total. The van der Waals surface area contributed by atoms with Crippen molar-refractivity contribution in [1.82, 2.24) is 0 Å². The summed E-state index contributed by atoms with van der Waals surface area (Å²) in [4.78, 5) is 15.8. The molecule has 0 spiro atoms. The fourth-order valence-corrected chi connectivity index (χ4v) is 5.36. The van der Waals surface area contributed by atoms with Gasteiger partial charge in [0, 0.05) is 27.8 Å². The topological polar surface area (TPSA) is 67.9 Å². The zero-order valence-electron chi connectivity index (χ0n) is 17.3. The van der Waals surface area contributed by atoms with Crippen molar-refractivity contribution in [1.29, 1.82) is 10.5 Å². The summed E-state index contributed by atoms with van der Waals surface area (Å²) in [5.41, 5.74) is 0.610. The Morgan fingerprint density at radius 1 is 1.00 bits per heavy atom. The summed E-state index contributed by atoms with van der Waals surface area (Å²) in [5, 5.41) is 21.2. The fraction of sp³-hybridized carbons (Fsp3) is 0.148. The molecule has 1 fully saturated rings. The zero-order valence-corrected chi connectivity index (χ0v) is 18.1. The maximum Gasteiger partial charge on any atom is 0.185 e. The largest absolute Gasteiger partial charge is 0.351 e. The highest BCUT2D eigenvalue weighted by Crippen LogP contribution is 2.56. The van der Waals surface area contributed by atoms with Crippen molar-refractivity contribution in [2.45, 2.75) is 18.0 Å². The highest BCUT2D eigenvalue weighted by atomic mass is 35.5. The summed E-state index contributed by atoms with van der Waals surface area (Å²) in [7, 11) is 0. The van der Waals surface area contributed by atoms with Crippen molar-refractivity contribution < 1.29 is 9.18 Å². The number of nitriles is 2. The van der Waals surface area contributed by atoms with Crippen LogP contribution in [0.1, 0.15) is 27.4 Å². The van der Waals surface area contributed by atoms with Crippen molar-refractivity contribution in [3.63, 3.8) is 0 Å². The van der Waals surface area contributed by atoms with Gasteiger partial charge in [0.05, 0.1) is 18.2 Å². The summed E-state index contributed by atoms with van der Waals surface area (Å²) in [5.74, 6) is -1.47. The number of carbonyl (C=O) groups excluding carboxylic acids is 1. The Morgan fingerprint density at radius 2 is 1.70 bits per heavy atom. The Balaban J connectivity index is 1.81. The van der Waals surface area contributed by atoms with E-state index in [9.17, 15) is 19.7 Å². The predicted octanol–water partition coefficient (Wildman–Crippen LogP) is 5.76. The number of hydrogen-bond acceptors (Lipinski definition) is 4. The van der Waals surface area contributed by atoms with Crippen molar-refractivity contribution in [2.24, 2.45) is 5.41 Å².